The molecule has 2 amide bonds. The number of nitrogens with zero attached hydrogens (tertiary/aromatic N) is 2. The van der Waals surface area contributed by atoms with Crippen molar-refractivity contribution in [3.63, 3.8) is 0 Å². The molecular formula is C22H32N4O. The Kier molecular flexibility index (Phi) is 8.14. The van der Waals surface area contributed by atoms with Gasteiger partial charge in [-0.2, -0.15) is 0 Å². The third-order valence-corrected chi connectivity index (χ3v) is 4.79. The van der Waals surface area contributed by atoms with E-state index in [1.165, 1.54) is 5.56 Å². The number of rotatable bonds is 9. The second-order valence-electron chi connectivity index (χ2n) is 7.14. The number of likely N-dealkylation sites (N-methyl/N-ethyl adjacent to an activating group) is 1. The molecule has 2 aromatic carbocycles. The maximum absolute atomic E-state index is 12.1. The number of urea groups is 1. The number of carbonyl (C=O) groups is 1. The van der Waals surface area contributed by atoms with E-state index in [-0.39, 0.29) is 6.03 Å². The Hall–Kier alpha value is -2.53. The van der Waals surface area contributed by atoms with Crippen LogP contribution in [0.5, 0.6) is 0 Å². The third kappa shape index (κ3) is 6.94. The lowest BCUT2D eigenvalue weighted by molar-refractivity contribution is 0.240. The molecule has 5 heteroatoms. The van der Waals surface area contributed by atoms with Crippen molar-refractivity contribution in [1.82, 2.24) is 15.5 Å². The van der Waals surface area contributed by atoms with Gasteiger partial charge in [-0.05, 0) is 44.2 Å². The van der Waals surface area contributed by atoms with Gasteiger partial charge in [-0.1, -0.05) is 42.5 Å². The number of benzene rings is 2. The molecule has 2 rings (SSSR count). The van der Waals surface area contributed by atoms with E-state index in [1.54, 1.807) is 0 Å². The molecule has 0 unspecified atom stereocenters. The Balaban J connectivity index is 1.77. The highest BCUT2D eigenvalue weighted by Gasteiger charge is 2.09. The first kappa shape index (κ1) is 20.8. The van der Waals surface area contributed by atoms with Gasteiger partial charge in [0.15, 0.2) is 0 Å². The van der Waals surface area contributed by atoms with Crippen LogP contribution in [0.25, 0.3) is 0 Å². The van der Waals surface area contributed by atoms with Gasteiger partial charge >= 0.3 is 6.03 Å². The summed E-state index contributed by atoms with van der Waals surface area (Å²) in [5.41, 5.74) is 3.54. The first-order chi connectivity index (χ1) is 13.0. The summed E-state index contributed by atoms with van der Waals surface area (Å²) < 4.78 is 0. The van der Waals surface area contributed by atoms with Gasteiger partial charge in [0.25, 0.3) is 0 Å². The molecule has 0 fully saturated rings. The summed E-state index contributed by atoms with van der Waals surface area (Å²) in [4.78, 5) is 16.5. The van der Waals surface area contributed by atoms with Crippen molar-refractivity contribution >= 4 is 11.7 Å². The molecule has 0 heterocycles. The number of para-hydroxylation sites is 1. The molecule has 0 aliphatic carbocycles. The van der Waals surface area contributed by atoms with Crippen LogP contribution < -0.4 is 15.5 Å². The van der Waals surface area contributed by atoms with E-state index in [0.29, 0.717) is 19.1 Å². The van der Waals surface area contributed by atoms with Gasteiger partial charge in [0.2, 0.25) is 0 Å². The van der Waals surface area contributed by atoms with Gasteiger partial charge in [0, 0.05) is 45.0 Å². The second kappa shape index (κ2) is 10.6. The molecule has 2 aromatic rings. The van der Waals surface area contributed by atoms with Gasteiger partial charge in [0.05, 0.1) is 0 Å². The van der Waals surface area contributed by atoms with Gasteiger partial charge in [0.1, 0.15) is 0 Å². The van der Waals surface area contributed by atoms with Crippen LogP contribution in [-0.2, 0) is 13.1 Å². The van der Waals surface area contributed by atoms with E-state index in [0.717, 1.165) is 24.3 Å². The lowest BCUT2D eigenvalue weighted by atomic mass is 10.1. The SMILES string of the molecule is CC(C)N(C)Cc1ccccc1CNC(=O)NCCN(C)c1ccccc1. The molecule has 146 valence electrons. The molecule has 0 spiro atoms. The van der Waals surface area contributed by atoms with Crippen LogP contribution in [0.15, 0.2) is 54.6 Å². The highest BCUT2D eigenvalue weighted by molar-refractivity contribution is 5.73. The van der Waals surface area contributed by atoms with Crippen molar-refractivity contribution in [3.05, 3.63) is 65.7 Å². The summed E-state index contributed by atoms with van der Waals surface area (Å²) in [7, 11) is 4.14. The molecule has 0 saturated heterocycles. The van der Waals surface area contributed by atoms with Crippen LogP contribution in [0.3, 0.4) is 0 Å². The van der Waals surface area contributed by atoms with Crippen LogP contribution in [0.2, 0.25) is 0 Å². The summed E-state index contributed by atoms with van der Waals surface area (Å²) in [5, 5.41) is 5.90. The van der Waals surface area contributed by atoms with E-state index in [9.17, 15) is 4.79 Å². The molecule has 0 aliphatic heterocycles. The quantitative estimate of drug-likeness (QED) is 0.713. The average molecular weight is 369 g/mol. The molecule has 5 nitrogen and oxygen atoms in total. The van der Waals surface area contributed by atoms with E-state index in [2.05, 4.69) is 65.6 Å². The minimum Gasteiger partial charge on any atom is -0.373 e. The largest absolute Gasteiger partial charge is 0.373 e. The number of carbonyl (C=O) groups excluding carboxylic acids is 1. The minimum atomic E-state index is -0.136. The summed E-state index contributed by atoms with van der Waals surface area (Å²) in [6, 6.07) is 18.8. The van der Waals surface area contributed by atoms with Crippen molar-refractivity contribution in [2.75, 3.05) is 32.1 Å². The monoisotopic (exact) mass is 368 g/mol. The van der Waals surface area contributed by atoms with Crippen LogP contribution in [-0.4, -0.2) is 44.2 Å². The van der Waals surface area contributed by atoms with Crippen LogP contribution in [0.1, 0.15) is 25.0 Å². The first-order valence-corrected chi connectivity index (χ1v) is 9.52. The fourth-order valence-electron chi connectivity index (χ4n) is 2.72. The van der Waals surface area contributed by atoms with Crippen molar-refractivity contribution in [2.45, 2.75) is 33.0 Å². The normalized spacial score (nSPS) is 10.9. The lowest BCUT2D eigenvalue weighted by Crippen LogP contribution is -2.39. The van der Waals surface area contributed by atoms with Crippen LogP contribution >= 0.6 is 0 Å². The number of hydrogen-bond donors (Lipinski definition) is 2. The van der Waals surface area contributed by atoms with Crippen molar-refractivity contribution < 1.29 is 4.79 Å². The number of amides is 2. The first-order valence-electron chi connectivity index (χ1n) is 9.52. The fraction of sp³-hybridized carbons (Fsp3) is 0.409. The standard InChI is InChI=1S/C22H32N4O/c1-18(2)26(4)17-20-11-9-8-10-19(20)16-24-22(27)23-14-15-25(3)21-12-6-5-7-13-21/h5-13,18H,14-17H2,1-4H3,(H2,23,24,27). The molecule has 0 bridgehead atoms. The molecule has 0 radical (unpaired) electrons. The van der Waals surface area contributed by atoms with Gasteiger partial charge in [-0.3, -0.25) is 4.90 Å². The predicted octanol–water partition coefficient (Wildman–Crippen LogP) is 3.46. The molecule has 27 heavy (non-hydrogen) atoms. The van der Waals surface area contributed by atoms with E-state index >= 15 is 0 Å². The van der Waals surface area contributed by atoms with Crippen molar-refractivity contribution in [2.24, 2.45) is 0 Å². The molecule has 0 aromatic heterocycles. The zero-order chi connectivity index (χ0) is 19.6. The molecule has 0 saturated carbocycles. The topological polar surface area (TPSA) is 47.6 Å². The number of hydrogen-bond acceptors (Lipinski definition) is 3. The summed E-state index contributed by atoms with van der Waals surface area (Å²) >= 11 is 0. The fourth-order valence-corrected chi connectivity index (χ4v) is 2.72. The van der Waals surface area contributed by atoms with E-state index < -0.39 is 0 Å². The summed E-state index contributed by atoms with van der Waals surface area (Å²) in [5.74, 6) is 0. The Morgan fingerprint density at radius 1 is 0.926 bits per heavy atom. The molecule has 2 N–H and O–H groups in total. The molecular weight excluding hydrogens is 336 g/mol. The van der Waals surface area contributed by atoms with E-state index in [1.807, 2.05) is 37.4 Å². The zero-order valence-electron chi connectivity index (χ0n) is 16.9. The maximum Gasteiger partial charge on any atom is 0.315 e. The molecule has 0 aliphatic rings. The van der Waals surface area contributed by atoms with Crippen molar-refractivity contribution in [3.8, 4) is 0 Å². The Labute approximate surface area is 163 Å². The third-order valence-electron chi connectivity index (χ3n) is 4.79. The Bertz CT molecular complexity index is 702. The van der Waals surface area contributed by atoms with Gasteiger partial charge in [-0.15, -0.1) is 0 Å². The zero-order valence-corrected chi connectivity index (χ0v) is 16.9. The average Bonchev–Trinajstić information content (AvgIpc) is 2.67. The number of anilines is 1. The van der Waals surface area contributed by atoms with E-state index in [4.69, 9.17) is 0 Å². The highest BCUT2D eigenvalue weighted by atomic mass is 16.2. The van der Waals surface area contributed by atoms with Gasteiger partial charge in [-0.25, -0.2) is 4.79 Å². The maximum atomic E-state index is 12.1. The second-order valence-corrected chi connectivity index (χ2v) is 7.14. The number of nitrogens with one attached hydrogen (secondary N) is 2. The van der Waals surface area contributed by atoms with Gasteiger partial charge < -0.3 is 15.5 Å². The van der Waals surface area contributed by atoms with Crippen molar-refractivity contribution in [1.29, 1.82) is 0 Å². The summed E-state index contributed by atoms with van der Waals surface area (Å²) in [6.07, 6.45) is 0. The smallest absolute Gasteiger partial charge is 0.315 e. The van der Waals surface area contributed by atoms with Crippen LogP contribution in [0.4, 0.5) is 10.5 Å². The minimum absolute atomic E-state index is 0.136. The Morgan fingerprint density at radius 3 is 2.22 bits per heavy atom. The highest BCUT2D eigenvalue weighted by Crippen LogP contribution is 2.12. The lowest BCUT2D eigenvalue weighted by Gasteiger charge is -2.22. The predicted molar refractivity (Wildman–Crippen MR) is 113 cm³/mol. The molecule has 0 atom stereocenters. The van der Waals surface area contributed by atoms with Crippen LogP contribution in [0, 0.1) is 0 Å². The Morgan fingerprint density at radius 2 is 1.56 bits per heavy atom. The summed E-state index contributed by atoms with van der Waals surface area (Å²) in [6.45, 7) is 7.12.